The van der Waals surface area contributed by atoms with Crippen LogP contribution in [0.25, 0.3) is 11.8 Å². The molecule has 33 heavy (non-hydrogen) atoms. The lowest BCUT2D eigenvalue weighted by molar-refractivity contribution is -0.136. The predicted octanol–water partition coefficient (Wildman–Crippen LogP) is 2.55. The molecule has 0 N–H and O–H groups in total. The van der Waals surface area contributed by atoms with E-state index in [4.69, 9.17) is 4.74 Å². The maximum absolute atomic E-state index is 12.7. The summed E-state index contributed by atoms with van der Waals surface area (Å²) in [5.41, 5.74) is 4.60. The van der Waals surface area contributed by atoms with E-state index in [2.05, 4.69) is 6.07 Å². The number of aromatic nitrogens is 3. The maximum atomic E-state index is 12.7. The van der Waals surface area contributed by atoms with Gasteiger partial charge < -0.3 is 13.9 Å². The van der Waals surface area contributed by atoms with E-state index < -0.39 is 23.8 Å². The Bertz CT molecular complexity index is 1400. The summed E-state index contributed by atoms with van der Waals surface area (Å²) in [5, 5.41) is 0. The smallest absolute Gasteiger partial charge is 0.331 e. The van der Waals surface area contributed by atoms with Gasteiger partial charge in [0.15, 0.2) is 6.61 Å². The van der Waals surface area contributed by atoms with E-state index in [1.165, 1.54) is 36.5 Å². The van der Waals surface area contributed by atoms with Crippen molar-refractivity contribution in [2.45, 2.75) is 27.7 Å². The van der Waals surface area contributed by atoms with Crippen molar-refractivity contribution in [1.82, 2.24) is 13.7 Å². The molecule has 0 saturated carbocycles. The van der Waals surface area contributed by atoms with Crippen LogP contribution < -0.4 is 11.2 Å². The number of carbonyl (C=O) groups is 2. The van der Waals surface area contributed by atoms with Crippen molar-refractivity contribution in [3.05, 3.63) is 91.0 Å². The van der Waals surface area contributed by atoms with Crippen molar-refractivity contribution in [3.8, 4) is 5.69 Å². The number of rotatable bonds is 6. The van der Waals surface area contributed by atoms with Crippen LogP contribution in [0, 0.1) is 27.7 Å². The van der Waals surface area contributed by atoms with Gasteiger partial charge in [-0.15, -0.1) is 0 Å². The quantitative estimate of drug-likeness (QED) is 0.328. The Balaban J connectivity index is 1.73. The monoisotopic (exact) mass is 449 g/mol. The summed E-state index contributed by atoms with van der Waals surface area (Å²) >= 11 is 0. The molecule has 3 aromatic rings. The number of nitrogens with zero attached hydrogens (tertiary/aromatic N) is 3. The molecule has 2 heterocycles. The van der Waals surface area contributed by atoms with Gasteiger partial charge in [0.25, 0.3) is 5.56 Å². The molecule has 0 radical (unpaired) electrons. The Labute approximate surface area is 191 Å². The lowest BCUT2D eigenvalue weighted by Gasteiger charge is -2.12. The van der Waals surface area contributed by atoms with E-state index >= 15 is 0 Å². The Morgan fingerprint density at radius 3 is 2.36 bits per heavy atom. The summed E-state index contributed by atoms with van der Waals surface area (Å²) in [7, 11) is 2.86. The van der Waals surface area contributed by atoms with Crippen LogP contribution in [-0.2, 0) is 23.6 Å². The summed E-state index contributed by atoms with van der Waals surface area (Å²) in [6.07, 6.45) is 3.66. The molecule has 2 aromatic heterocycles. The van der Waals surface area contributed by atoms with Gasteiger partial charge in [0.1, 0.15) is 0 Å². The van der Waals surface area contributed by atoms with Crippen LogP contribution in [0.4, 0.5) is 0 Å². The Morgan fingerprint density at radius 2 is 1.70 bits per heavy atom. The summed E-state index contributed by atoms with van der Waals surface area (Å²) in [4.78, 5) is 48.7. The predicted molar refractivity (Wildman–Crippen MR) is 126 cm³/mol. The third kappa shape index (κ3) is 4.79. The highest BCUT2D eigenvalue weighted by Gasteiger charge is 2.18. The zero-order valence-electron chi connectivity index (χ0n) is 19.6. The number of hydrogen-bond donors (Lipinski definition) is 0. The molecule has 8 heteroatoms. The van der Waals surface area contributed by atoms with Crippen LogP contribution >= 0.6 is 0 Å². The maximum Gasteiger partial charge on any atom is 0.331 e. The topological polar surface area (TPSA) is 92.3 Å². The number of Topliss-reactive ketones (excluding diaryl/α,β-unsaturated/α-hetero) is 1. The van der Waals surface area contributed by atoms with E-state index in [1.54, 1.807) is 6.07 Å². The number of benzene rings is 1. The van der Waals surface area contributed by atoms with Crippen LogP contribution in [-0.4, -0.2) is 32.1 Å². The second-order valence-electron chi connectivity index (χ2n) is 8.10. The molecule has 0 bridgehead atoms. The molecule has 0 fully saturated rings. The molecular weight excluding hydrogens is 422 g/mol. The highest BCUT2D eigenvalue weighted by molar-refractivity contribution is 6.00. The van der Waals surface area contributed by atoms with E-state index in [9.17, 15) is 19.2 Å². The first-order chi connectivity index (χ1) is 15.5. The van der Waals surface area contributed by atoms with Crippen molar-refractivity contribution in [2.24, 2.45) is 14.1 Å². The molecule has 3 rings (SSSR count). The third-order valence-electron chi connectivity index (χ3n) is 5.70. The minimum Gasteiger partial charge on any atom is -0.454 e. The summed E-state index contributed by atoms with van der Waals surface area (Å²) in [6.45, 7) is 7.43. The molecular formula is C25H27N3O5. The first kappa shape index (κ1) is 23.7. The highest BCUT2D eigenvalue weighted by atomic mass is 16.5. The second-order valence-corrected chi connectivity index (χ2v) is 8.10. The molecule has 0 atom stereocenters. The van der Waals surface area contributed by atoms with Gasteiger partial charge in [-0.3, -0.25) is 14.2 Å². The zero-order valence-corrected chi connectivity index (χ0v) is 19.6. The average molecular weight is 450 g/mol. The van der Waals surface area contributed by atoms with Crippen molar-refractivity contribution in [1.29, 1.82) is 0 Å². The summed E-state index contributed by atoms with van der Waals surface area (Å²) in [6, 6.07) is 7.89. The van der Waals surface area contributed by atoms with E-state index in [-0.39, 0.29) is 11.3 Å². The number of carbonyl (C=O) groups excluding carboxylic acids is 2. The highest BCUT2D eigenvalue weighted by Crippen LogP contribution is 2.23. The first-order valence-corrected chi connectivity index (χ1v) is 10.4. The van der Waals surface area contributed by atoms with E-state index in [0.717, 1.165) is 33.3 Å². The van der Waals surface area contributed by atoms with Gasteiger partial charge in [0, 0.05) is 49.0 Å². The molecule has 0 unspecified atom stereocenters. The number of ketones is 1. The molecule has 0 aliphatic carbocycles. The summed E-state index contributed by atoms with van der Waals surface area (Å²) in [5.74, 6) is -1.08. The van der Waals surface area contributed by atoms with Gasteiger partial charge in [0.05, 0.1) is 5.56 Å². The lowest BCUT2D eigenvalue weighted by atomic mass is 10.1. The minimum atomic E-state index is -0.762. The normalized spacial score (nSPS) is 11.2. The van der Waals surface area contributed by atoms with E-state index in [0.29, 0.717) is 5.56 Å². The molecule has 1 aromatic carbocycles. The largest absolute Gasteiger partial charge is 0.454 e. The second kappa shape index (κ2) is 9.28. The molecule has 0 aliphatic rings. The van der Waals surface area contributed by atoms with Crippen LogP contribution in [0.2, 0.25) is 0 Å². The fourth-order valence-electron chi connectivity index (χ4n) is 3.68. The van der Waals surface area contributed by atoms with E-state index in [1.807, 2.05) is 44.4 Å². The van der Waals surface area contributed by atoms with Crippen LogP contribution in [0.15, 0.2) is 46.1 Å². The van der Waals surface area contributed by atoms with Gasteiger partial charge in [-0.25, -0.2) is 9.59 Å². The van der Waals surface area contributed by atoms with Crippen LogP contribution in [0.5, 0.6) is 0 Å². The van der Waals surface area contributed by atoms with Crippen molar-refractivity contribution < 1.29 is 14.3 Å². The van der Waals surface area contributed by atoms with Crippen molar-refractivity contribution >= 4 is 17.8 Å². The molecule has 0 amide bonds. The minimum absolute atomic E-state index is 0.153. The van der Waals surface area contributed by atoms with Gasteiger partial charge in [0.2, 0.25) is 5.78 Å². The van der Waals surface area contributed by atoms with Crippen molar-refractivity contribution in [3.63, 3.8) is 0 Å². The first-order valence-electron chi connectivity index (χ1n) is 10.4. The van der Waals surface area contributed by atoms with Gasteiger partial charge >= 0.3 is 11.7 Å². The standard InChI is InChI=1S/C25H27N3O5/c1-15-7-9-20(11-16(15)2)28-17(3)12-21(18(28)4)22(29)14-33-23(30)10-8-19-13-26(5)25(32)27(6)24(19)31/h7-13H,14H2,1-6H3. The number of hydrogen-bond acceptors (Lipinski definition) is 5. The SMILES string of the molecule is Cc1ccc(-n2c(C)cc(C(=O)COC(=O)C=Cc3cn(C)c(=O)n(C)c3=O)c2C)cc1C. The van der Waals surface area contributed by atoms with Crippen LogP contribution in [0.1, 0.15) is 38.4 Å². The van der Waals surface area contributed by atoms with Gasteiger partial charge in [-0.1, -0.05) is 6.07 Å². The number of aryl methyl sites for hydroxylation is 4. The van der Waals surface area contributed by atoms with Crippen LogP contribution in [0.3, 0.4) is 0 Å². The molecule has 0 saturated heterocycles. The fraction of sp³-hybridized carbons (Fsp3) is 0.280. The number of ether oxygens (including phenoxy) is 1. The Kier molecular flexibility index (Phi) is 6.67. The molecule has 8 nitrogen and oxygen atoms in total. The molecule has 0 spiro atoms. The fourth-order valence-corrected chi connectivity index (χ4v) is 3.68. The van der Waals surface area contributed by atoms with Crippen molar-refractivity contribution in [2.75, 3.05) is 6.61 Å². The average Bonchev–Trinajstić information content (AvgIpc) is 3.08. The van der Waals surface area contributed by atoms with Gasteiger partial charge in [-0.2, -0.15) is 0 Å². The third-order valence-corrected chi connectivity index (χ3v) is 5.70. The zero-order chi connectivity index (χ0) is 24.4. The summed E-state index contributed by atoms with van der Waals surface area (Å²) < 4.78 is 9.27. The molecule has 0 aliphatic heterocycles. The Hall–Kier alpha value is -3.94. The number of esters is 1. The lowest BCUT2D eigenvalue weighted by Crippen LogP contribution is -2.37. The molecule has 172 valence electrons. The van der Waals surface area contributed by atoms with Gasteiger partial charge in [-0.05, 0) is 63.1 Å². The Morgan fingerprint density at radius 1 is 1.00 bits per heavy atom.